The van der Waals surface area contributed by atoms with Crippen molar-refractivity contribution in [1.82, 2.24) is 5.32 Å². The summed E-state index contributed by atoms with van der Waals surface area (Å²) in [7, 11) is 0. The van der Waals surface area contributed by atoms with E-state index in [0.717, 1.165) is 46.4 Å². The number of hydrogen-bond acceptors (Lipinski definition) is 4. The van der Waals surface area contributed by atoms with Gasteiger partial charge in [-0.3, -0.25) is 0 Å². The van der Waals surface area contributed by atoms with Crippen molar-refractivity contribution in [3.05, 3.63) is 65.9 Å². The van der Waals surface area contributed by atoms with E-state index in [1.54, 1.807) is 6.26 Å². The smallest absolute Gasteiger partial charge is 0.205 e. The minimum absolute atomic E-state index is 0.407. The molecule has 1 saturated carbocycles. The van der Waals surface area contributed by atoms with Crippen LogP contribution in [0.25, 0.3) is 16.5 Å². The average molecular weight is 448 g/mol. The molecule has 1 fully saturated rings. The minimum Gasteiger partial charge on any atom is -0.488 e. The van der Waals surface area contributed by atoms with Crippen LogP contribution in [0, 0.1) is 6.92 Å². The predicted molar refractivity (Wildman–Crippen MR) is 136 cm³/mol. The summed E-state index contributed by atoms with van der Waals surface area (Å²) in [6, 6.07) is 13.2. The van der Waals surface area contributed by atoms with Crippen LogP contribution in [0.2, 0.25) is 0 Å². The van der Waals surface area contributed by atoms with Gasteiger partial charge in [0, 0.05) is 23.5 Å². The van der Waals surface area contributed by atoms with Crippen LogP contribution in [0.5, 0.6) is 11.5 Å². The van der Waals surface area contributed by atoms with Crippen molar-refractivity contribution < 1.29 is 13.9 Å². The van der Waals surface area contributed by atoms with Gasteiger partial charge in [-0.2, -0.15) is 0 Å². The van der Waals surface area contributed by atoms with E-state index in [2.05, 4.69) is 56.1 Å². The van der Waals surface area contributed by atoms with Crippen LogP contribution in [0.3, 0.4) is 0 Å². The zero-order chi connectivity index (χ0) is 23.2. The SMILES string of the molecule is C=C(C)c1c(OCCNC2CCCC2)c(OCCC(C)c2ccccc2)c2occc2c1C. The third-order valence-corrected chi connectivity index (χ3v) is 6.81. The molecular formula is C29H37NO3. The summed E-state index contributed by atoms with van der Waals surface area (Å²) in [4.78, 5) is 0. The molecule has 1 aliphatic carbocycles. The molecule has 0 bridgehead atoms. The molecule has 0 radical (unpaired) electrons. The first kappa shape index (κ1) is 23.4. The Kier molecular flexibility index (Phi) is 7.77. The topological polar surface area (TPSA) is 43.6 Å². The van der Waals surface area contributed by atoms with E-state index in [1.807, 2.05) is 13.0 Å². The van der Waals surface area contributed by atoms with Crippen molar-refractivity contribution in [1.29, 1.82) is 0 Å². The molecule has 2 aromatic carbocycles. The van der Waals surface area contributed by atoms with Gasteiger partial charge in [-0.05, 0) is 61.8 Å². The van der Waals surface area contributed by atoms with E-state index in [1.165, 1.54) is 31.2 Å². The first-order chi connectivity index (χ1) is 16.1. The fourth-order valence-electron chi connectivity index (χ4n) is 4.92. The van der Waals surface area contributed by atoms with E-state index < -0.39 is 0 Å². The summed E-state index contributed by atoms with van der Waals surface area (Å²) in [5.74, 6) is 1.85. The van der Waals surface area contributed by atoms with Gasteiger partial charge in [0.15, 0.2) is 11.3 Å². The lowest BCUT2D eigenvalue weighted by atomic mass is 9.97. The lowest BCUT2D eigenvalue weighted by Crippen LogP contribution is -2.30. The highest BCUT2D eigenvalue weighted by atomic mass is 16.5. The fourth-order valence-corrected chi connectivity index (χ4v) is 4.92. The molecule has 4 nitrogen and oxygen atoms in total. The zero-order valence-electron chi connectivity index (χ0n) is 20.3. The van der Waals surface area contributed by atoms with Crippen LogP contribution in [-0.4, -0.2) is 25.8 Å². The molecule has 3 aromatic rings. The summed E-state index contributed by atoms with van der Waals surface area (Å²) in [5, 5.41) is 4.68. The Bertz CT molecular complexity index is 1060. The molecule has 1 N–H and O–H groups in total. The molecule has 4 heteroatoms. The largest absolute Gasteiger partial charge is 0.488 e. The van der Waals surface area contributed by atoms with Gasteiger partial charge in [-0.15, -0.1) is 0 Å². The van der Waals surface area contributed by atoms with Gasteiger partial charge in [0.05, 0.1) is 12.9 Å². The Morgan fingerprint density at radius 2 is 1.82 bits per heavy atom. The number of allylic oxidation sites excluding steroid dienone is 1. The molecule has 1 unspecified atom stereocenters. The van der Waals surface area contributed by atoms with Gasteiger partial charge >= 0.3 is 0 Å². The highest BCUT2D eigenvalue weighted by molar-refractivity contribution is 5.95. The molecule has 4 rings (SSSR count). The molecule has 33 heavy (non-hydrogen) atoms. The molecule has 1 aliphatic rings. The van der Waals surface area contributed by atoms with Gasteiger partial charge in [-0.1, -0.05) is 56.7 Å². The molecule has 1 atom stereocenters. The van der Waals surface area contributed by atoms with Crippen LogP contribution in [-0.2, 0) is 0 Å². The monoisotopic (exact) mass is 447 g/mol. The molecule has 0 spiro atoms. The number of aryl methyl sites for hydroxylation is 1. The number of ether oxygens (including phenoxy) is 2. The maximum Gasteiger partial charge on any atom is 0.205 e. The molecule has 0 amide bonds. The van der Waals surface area contributed by atoms with Gasteiger partial charge in [-0.25, -0.2) is 0 Å². The average Bonchev–Trinajstić information content (AvgIpc) is 3.51. The Morgan fingerprint density at radius 1 is 1.09 bits per heavy atom. The second-order valence-corrected chi connectivity index (χ2v) is 9.33. The van der Waals surface area contributed by atoms with Gasteiger partial charge < -0.3 is 19.2 Å². The third-order valence-electron chi connectivity index (χ3n) is 6.81. The van der Waals surface area contributed by atoms with Gasteiger partial charge in [0.25, 0.3) is 0 Å². The number of hydrogen-bond donors (Lipinski definition) is 1. The summed E-state index contributed by atoms with van der Waals surface area (Å²) >= 11 is 0. The molecular weight excluding hydrogens is 410 g/mol. The number of benzene rings is 2. The van der Waals surface area contributed by atoms with Crippen LogP contribution in [0.1, 0.15) is 68.6 Å². The Labute approximate surface area is 198 Å². The van der Waals surface area contributed by atoms with E-state index in [-0.39, 0.29) is 0 Å². The number of nitrogens with one attached hydrogen (secondary N) is 1. The first-order valence-electron chi connectivity index (χ1n) is 12.3. The summed E-state index contributed by atoms with van der Waals surface area (Å²) < 4.78 is 18.7. The second kappa shape index (κ2) is 10.9. The number of fused-ring (bicyclic) bond motifs is 1. The maximum atomic E-state index is 6.40. The van der Waals surface area contributed by atoms with Gasteiger partial charge in [0.2, 0.25) is 5.75 Å². The summed E-state index contributed by atoms with van der Waals surface area (Å²) in [5.41, 5.74) is 5.19. The zero-order valence-corrected chi connectivity index (χ0v) is 20.3. The van der Waals surface area contributed by atoms with Crippen molar-refractivity contribution >= 4 is 16.5 Å². The highest BCUT2D eigenvalue weighted by Gasteiger charge is 2.23. The fraction of sp³-hybridized carbons (Fsp3) is 0.448. The van der Waals surface area contributed by atoms with Crippen molar-refractivity contribution in [3.8, 4) is 11.5 Å². The van der Waals surface area contributed by atoms with Crippen molar-refractivity contribution in [3.63, 3.8) is 0 Å². The lowest BCUT2D eigenvalue weighted by Gasteiger charge is -2.21. The molecule has 1 aromatic heterocycles. The van der Waals surface area contributed by atoms with E-state index >= 15 is 0 Å². The minimum atomic E-state index is 0.407. The molecule has 1 heterocycles. The molecule has 0 saturated heterocycles. The van der Waals surface area contributed by atoms with E-state index in [9.17, 15) is 0 Å². The molecule has 0 aliphatic heterocycles. The van der Waals surface area contributed by atoms with Gasteiger partial charge in [0.1, 0.15) is 6.61 Å². The van der Waals surface area contributed by atoms with Crippen molar-refractivity contribution in [2.75, 3.05) is 19.8 Å². The van der Waals surface area contributed by atoms with E-state index in [4.69, 9.17) is 13.9 Å². The Hall–Kier alpha value is -2.72. The quantitative estimate of drug-likeness (QED) is 0.314. The summed E-state index contributed by atoms with van der Waals surface area (Å²) in [6.07, 6.45) is 7.82. The first-order valence-corrected chi connectivity index (χ1v) is 12.3. The standard InChI is InChI=1S/C29H37NO3/c1-20(2)26-22(4)25-15-18-31-27(25)29(28(26)33-19-16-30-24-12-8-9-13-24)32-17-14-21(3)23-10-6-5-7-11-23/h5-7,10-11,15,18,21,24,30H,1,8-9,12-14,16-17,19H2,2-4H3. The lowest BCUT2D eigenvalue weighted by molar-refractivity contribution is 0.257. The molecule has 176 valence electrons. The Morgan fingerprint density at radius 3 is 2.55 bits per heavy atom. The number of furan rings is 1. The predicted octanol–water partition coefficient (Wildman–Crippen LogP) is 7.26. The van der Waals surface area contributed by atoms with Crippen molar-refractivity contribution in [2.24, 2.45) is 0 Å². The second-order valence-electron chi connectivity index (χ2n) is 9.33. The van der Waals surface area contributed by atoms with Crippen LogP contribution in [0.15, 0.2) is 53.7 Å². The van der Waals surface area contributed by atoms with Crippen LogP contribution >= 0.6 is 0 Å². The normalized spacial score (nSPS) is 15.1. The highest BCUT2D eigenvalue weighted by Crippen LogP contribution is 2.45. The number of rotatable bonds is 11. The Balaban J connectivity index is 1.53. The van der Waals surface area contributed by atoms with Crippen molar-refractivity contribution in [2.45, 2.75) is 64.8 Å². The van der Waals surface area contributed by atoms with Crippen LogP contribution < -0.4 is 14.8 Å². The van der Waals surface area contributed by atoms with E-state index in [0.29, 0.717) is 30.9 Å². The summed E-state index contributed by atoms with van der Waals surface area (Å²) in [6.45, 7) is 12.6. The maximum absolute atomic E-state index is 6.40. The third kappa shape index (κ3) is 5.44. The van der Waals surface area contributed by atoms with Crippen LogP contribution in [0.4, 0.5) is 0 Å².